The normalized spacial score (nSPS) is 11.5. The van der Waals surface area contributed by atoms with Crippen molar-refractivity contribution < 1.29 is 12.6 Å². The quantitative estimate of drug-likeness (QED) is 0.608. The highest BCUT2D eigenvalue weighted by atomic mass is 32.2. The summed E-state index contributed by atoms with van der Waals surface area (Å²) in [5, 5.41) is 0. The maximum atomic E-state index is 11.5. The first-order valence-corrected chi connectivity index (χ1v) is 5.72. The fraction of sp³-hybridized carbons (Fsp3) is 0.333. The molecule has 0 saturated carbocycles. The maximum absolute atomic E-state index is 11.5. The smallest absolute Gasteiger partial charge is 0.299 e. The Hall–Kier alpha value is -1.07. The van der Waals surface area contributed by atoms with Gasteiger partial charge in [0, 0.05) is 0 Å². The topological polar surface area (TPSA) is 69.4 Å². The van der Waals surface area contributed by atoms with Gasteiger partial charge in [0.1, 0.15) is 4.90 Å². The summed E-state index contributed by atoms with van der Waals surface area (Å²) in [4.78, 5) is 0.0356. The Balaban J connectivity index is 2.99. The number of benzene rings is 1. The van der Waals surface area contributed by atoms with Crippen molar-refractivity contribution in [3.63, 3.8) is 0 Å². The Morgan fingerprint density at radius 2 is 2.00 bits per heavy atom. The molecule has 14 heavy (non-hydrogen) atoms. The molecule has 0 aliphatic carbocycles. The molecular weight excluding hydrogens is 202 g/mol. The summed E-state index contributed by atoms with van der Waals surface area (Å²) < 4.78 is 27.8. The Morgan fingerprint density at radius 1 is 1.36 bits per heavy atom. The second kappa shape index (κ2) is 4.43. The molecule has 0 bridgehead atoms. The highest BCUT2D eigenvalue weighted by Gasteiger charge is 2.16. The van der Waals surface area contributed by atoms with E-state index in [1.54, 1.807) is 12.1 Å². The maximum Gasteiger partial charge on any atom is 0.299 e. The van der Waals surface area contributed by atoms with Crippen molar-refractivity contribution in [3.05, 3.63) is 24.3 Å². The first-order chi connectivity index (χ1) is 6.58. The van der Waals surface area contributed by atoms with Crippen LogP contribution in [0.2, 0.25) is 0 Å². The number of anilines is 1. The molecule has 0 fully saturated rings. The summed E-state index contributed by atoms with van der Waals surface area (Å²) in [6.07, 6.45) is 0.645. The highest BCUT2D eigenvalue weighted by molar-refractivity contribution is 7.87. The predicted octanol–water partition coefficient (Wildman–Crippen LogP) is 1.38. The zero-order valence-corrected chi connectivity index (χ0v) is 8.75. The molecule has 0 atom stereocenters. The van der Waals surface area contributed by atoms with Crippen molar-refractivity contribution in [2.75, 3.05) is 12.3 Å². The number of hydrogen-bond acceptors (Lipinski definition) is 4. The molecule has 0 spiro atoms. The van der Waals surface area contributed by atoms with Crippen molar-refractivity contribution in [2.24, 2.45) is 0 Å². The van der Waals surface area contributed by atoms with Gasteiger partial charge in [0.15, 0.2) is 0 Å². The number of para-hydroxylation sites is 1. The van der Waals surface area contributed by atoms with E-state index in [0.29, 0.717) is 6.42 Å². The summed E-state index contributed by atoms with van der Waals surface area (Å²) in [6, 6.07) is 6.25. The van der Waals surface area contributed by atoms with Crippen LogP contribution in [0.4, 0.5) is 5.69 Å². The first-order valence-electron chi connectivity index (χ1n) is 4.32. The van der Waals surface area contributed by atoms with Crippen LogP contribution in [0.1, 0.15) is 13.3 Å². The van der Waals surface area contributed by atoms with Crippen molar-refractivity contribution in [1.29, 1.82) is 0 Å². The van der Waals surface area contributed by atoms with E-state index in [1.807, 2.05) is 6.92 Å². The molecule has 2 N–H and O–H groups in total. The minimum atomic E-state index is -3.68. The van der Waals surface area contributed by atoms with Gasteiger partial charge in [-0.05, 0) is 18.6 Å². The van der Waals surface area contributed by atoms with Gasteiger partial charge in [-0.2, -0.15) is 8.42 Å². The number of hydrogen-bond donors (Lipinski definition) is 1. The van der Waals surface area contributed by atoms with Gasteiger partial charge in [0.05, 0.1) is 12.3 Å². The molecule has 1 aromatic rings. The van der Waals surface area contributed by atoms with Gasteiger partial charge < -0.3 is 5.73 Å². The van der Waals surface area contributed by atoms with E-state index in [1.165, 1.54) is 12.1 Å². The molecular formula is C9H13NO3S. The van der Waals surface area contributed by atoms with E-state index in [-0.39, 0.29) is 17.2 Å². The second-order valence-corrected chi connectivity index (χ2v) is 4.40. The zero-order valence-electron chi connectivity index (χ0n) is 7.93. The minimum Gasteiger partial charge on any atom is -0.398 e. The van der Waals surface area contributed by atoms with Gasteiger partial charge >= 0.3 is 0 Å². The zero-order chi connectivity index (χ0) is 10.6. The molecule has 0 unspecified atom stereocenters. The fourth-order valence-corrected chi connectivity index (χ4v) is 2.08. The van der Waals surface area contributed by atoms with Gasteiger partial charge in [-0.25, -0.2) is 0 Å². The number of nitrogens with two attached hydrogens (primary N) is 1. The average molecular weight is 215 g/mol. The largest absolute Gasteiger partial charge is 0.398 e. The average Bonchev–Trinajstić information content (AvgIpc) is 2.15. The van der Waals surface area contributed by atoms with Crippen LogP contribution in [0.3, 0.4) is 0 Å². The highest BCUT2D eigenvalue weighted by Crippen LogP contribution is 2.19. The second-order valence-electron chi connectivity index (χ2n) is 2.81. The lowest BCUT2D eigenvalue weighted by atomic mass is 10.3. The Morgan fingerprint density at radius 3 is 2.57 bits per heavy atom. The van der Waals surface area contributed by atoms with E-state index < -0.39 is 10.1 Å². The third kappa shape index (κ3) is 2.46. The van der Waals surface area contributed by atoms with E-state index in [9.17, 15) is 8.42 Å². The minimum absolute atomic E-state index is 0.0356. The molecule has 0 heterocycles. The SMILES string of the molecule is CCCOS(=O)(=O)c1ccccc1N. The molecule has 0 saturated heterocycles. The third-order valence-corrected chi connectivity index (χ3v) is 3.02. The summed E-state index contributed by atoms with van der Waals surface area (Å²) in [6.45, 7) is 2.01. The lowest BCUT2D eigenvalue weighted by Crippen LogP contribution is -2.09. The first kappa shape index (κ1) is 11.0. The van der Waals surface area contributed by atoms with Crippen LogP contribution in [-0.4, -0.2) is 15.0 Å². The third-order valence-electron chi connectivity index (χ3n) is 1.63. The van der Waals surface area contributed by atoms with Crippen LogP contribution in [0.25, 0.3) is 0 Å². The summed E-state index contributed by atoms with van der Waals surface area (Å²) >= 11 is 0. The summed E-state index contributed by atoms with van der Waals surface area (Å²) in [5.74, 6) is 0. The van der Waals surface area contributed by atoms with Gasteiger partial charge in [-0.3, -0.25) is 4.18 Å². The molecule has 0 amide bonds. The molecule has 5 heteroatoms. The summed E-state index contributed by atoms with van der Waals surface area (Å²) in [7, 11) is -3.68. The lowest BCUT2D eigenvalue weighted by Gasteiger charge is -2.06. The van der Waals surface area contributed by atoms with Crippen molar-refractivity contribution in [3.8, 4) is 0 Å². The van der Waals surface area contributed by atoms with Gasteiger partial charge in [-0.1, -0.05) is 19.1 Å². The van der Waals surface area contributed by atoms with E-state index in [2.05, 4.69) is 0 Å². The predicted molar refractivity (Wildman–Crippen MR) is 54.3 cm³/mol. The van der Waals surface area contributed by atoms with Gasteiger partial charge in [0.2, 0.25) is 0 Å². The Labute approximate surface area is 83.8 Å². The number of rotatable bonds is 4. The standard InChI is InChI=1S/C9H13NO3S/c1-2-7-13-14(11,12)9-6-4-3-5-8(9)10/h3-6H,2,7,10H2,1H3. The van der Waals surface area contributed by atoms with E-state index in [4.69, 9.17) is 9.92 Å². The molecule has 0 radical (unpaired) electrons. The van der Waals surface area contributed by atoms with Crippen molar-refractivity contribution >= 4 is 15.8 Å². The van der Waals surface area contributed by atoms with Crippen LogP contribution < -0.4 is 5.73 Å². The fourth-order valence-electron chi connectivity index (χ4n) is 0.965. The molecule has 78 valence electrons. The molecule has 0 aromatic heterocycles. The number of nitrogen functional groups attached to an aromatic ring is 1. The molecule has 1 rings (SSSR count). The monoisotopic (exact) mass is 215 g/mol. The van der Waals surface area contributed by atoms with Crippen LogP contribution in [0, 0.1) is 0 Å². The van der Waals surface area contributed by atoms with E-state index in [0.717, 1.165) is 0 Å². The molecule has 0 aliphatic rings. The van der Waals surface area contributed by atoms with Crippen molar-refractivity contribution in [2.45, 2.75) is 18.2 Å². The molecule has 1 aromatic carbocycles. The van der Waals surface area contributed by atoms with Crippen LogP contribution in [-0.2, 0) is 14.3 Å². The Bertz CT molecular complexity index is 400. The van der Waals surface area contributed by atoms with Crippen LogP contribution in [0.5, 0.6) is 0 Å². The summed E-state index contributed by atoms with van der Waals surface area (Å²) in [5.41, 5.74) is 5.73. The molecule has 0 aliphatic heterocycles. The van der Waals surface area contributed by atoms with E-state index >= 15 is 0 Å². The lowest BCUT2D eigenvalue weighted by molar-refractivity contribution is 0.318. The molecule has 4 nitrogen and oxygen atoms in total. The Kier molecular flexibility index (Phi) is 3.49. The van der Waals surface area contributed by atoms with Crippen LogP contribution >= 0.6 is 0 Å². The van der Waals surface area contributed by atoms with Gasteiger partial charge in [0.25, 0.3) is 10.1 Å². The van der Waals surface area contributed by atoms with Crippen molar-refractivity contribution in [1.82, 2.24) is 0 Å². The van der Waals surface area contributed by atoms with Gasteiger partial charge in [-0.15, -0.1) is 0 Å². The van der Waals surface area contributed by atoms with Crippen LogP contribution in [0.15, 0.2) is 29.2 Å².